The molecule has 196 valence electrons. The van der Waals surface area contributed by atoms with Crippen LogP contribution < -0.4 is 5.32 Å². The number of halogens is 5. The third-order valence-electron chi connectivity index (χ3n) is 6.60. The number of benzene rings is 1. The van der Waals surface area contributed by atoms with Crippen LogP contribution in [0.4, 0.5) is 27.6 Å². The van der Waals surface area contributed by atoms with Gasteiger partial charge in [-0.05, 0) is 56.5 Å². The van der Waals surface area contributed by atoms with Gasteiger partial charge >= 0.3 is 0 Å². The average Bonchev–Trinajstić information content (AvgIpc) is 2.79. The zero-order valence-electron chi connectivity index (χ0n) is 20.5. The van der Waals surface area contributed by atoms with Crippen LogP contribution in [-0.2, 0) is 5.60 Å². The zero-order chi connectivity index (χ0) is 27.1. The van der Waals surface area contributed by atoms with E-state index in [9.17, 15) is 31.9 Å². The molecule has 1 aliphatic carbocycles. The summed E-state index contributed by atoms with van der Waals surface area (Å²) in [6.45, 7) is 4.33. The van der Waals surface area contributed by atoms with Gasteiger partial charge in [0.25, 0.3) is 5.91 Å². The number of aromatic nitrogens is 2. The monoisotopic (exact) mass is 519 g/mol. The van der Waals surface area contributed by atoms with Gasteiger partial charge in [0.05, 0.1) is 16.9 Å². The van der Waals surface area contributed by atoms with Crippen molar-refractivity contribution in [3.63, 3.8) is 0 Å². The van der Waals surface area contributed by atoms with E-state index >= 15 is 0 Å². The molecule has 0 spiro atoms. The van der Waals surface area contributed by atoms with Gasteiger partial charge in [-0.25, -0.2) is 22.0 Å². The molecule has 3 aromatic rings. The van der Waals surface area contributed by atoms with Crippen LogP contribution in [0, 0.1) is 23.4 Å². The highest BCUT2D eigenvalue weighted by Crippen LogP contribution is 2.47. The van der Waals surface area contributed by atoms with Crippen LogP contribution in [0.15, 0.2) is 42.7 Å². The molecule has 2 aromatic heterocycles. The van der Waals surface area contributed by atoms with Crippen molar-refractivity contribution in [2.75, 3.05) is 5.32 Å². The number of carbonyl (C=O) groups is 1. The number of amides is 1. The lowest BCUT2D eigenvalue weighted by molar-refractivity contribution is -0.0558. The predicted molar refractivity (Wildman–Crippen MR) is 128 cm³/mol. The molecule has 1 fully saturated rings. The van der Waals surface area contributed by atoms with Gasteiger partial charge in [0.15, 0.2) is 0 Å². The molecule has 5 nitrogen and oxygen atoms in total. The zero-order valence-corrected chi connectivity index (χ0v) is 20.5. The summed E-state index contributed by atoms with van der Waals surface area (Å²) in [4.78, 5) is 21.4. The molecule has 0 saturated heterocycles. The Morgan fingerprint density at radius 2 is 1.81 bits per heavy atom. The van der Waals surface area contributed by atoms with Gasteiger partial charge in [0.2, 0.25) is 5.92 Å². The van der Waals surface area contributed by atoms with Crippen molar-refractivity contribution in [1.82, 2.24) is 9.97 Å². The van der Waals surface area contributed by atoms with E-state index in [1.165, 1.54) is 26.1 Å². The Balaban J connectivity index is 1.81. The molecule has 1 saturated carbocycles. The molecular formula is C27H26F5N3O2. The van der Waals surface area contributed by atoms with Crippen LogP contribution in [0.5, 0.6) is 0 Å². The van der Waals surface area contributed by atoms with Gasteiger partial charge in [-0.1, -0.05) is 6.92 Å². The number of aliphatic hydroxyl groups is 1. The van der Waals surface area contributed by atoms with Crippen LogP contribution in [0.25, 0.3) is 11.1 Å². The Bertz CT molecular complexity index is 1340. The number of nitrogens with one attached hydrogen (secondary N) is 1. The first-order chi connectivity index (χ1) is 17.3. The molecule has 2 heterocycles. The number of rotatable bonds is 5. The first-order valence-electron chi connectivity index (χ1n) is 11.8. The first-order valence-corrected chi connectivity index (χ1v) is 11.8. The highest BCUT2D eigenvalue weighted by molar-refractivity contribution is 6.06. The quantitative estimate of drug-likeness (QED) is 0.374. The van der Waals surface area contributed by atoms with Crippen molar-refractivity contribution in [2.45, 2.75) is 57.5 Å². The minimum Gasteiger partial charge on any atom is -0.384 e. The normalized spacial score (nSPS) is 19.5. The lowest BCUT2D eigenvalue weighted by atomic mass is 9.75. The fourth-order valence-corrected chi connectivity index (χ4v) is 4.79. The lowest BCUT2D eigenvalue weighted by Gasteiger charge is -2.34. The SMILES string of the molecule is C[C@@H]1CC(F)(F)CC[C@@H]1c1nccc(-c2cc(F)ccc2F)c1NC(=O)c1cnc(C(C)(C)O)c(F)c1. The van der Waals surface area contributed by atoms with E-state index in [2.05, 4.69) is 15.3 Å². The maximum Gasteiger partial charge on any atom is 0.257 e. The van der Waals surface area contributed by atoms with Crippen LogP contribution in [0.1, 0.15) is 67.7 Å². The second-order valence-electron chi connectivity index (χ2n) is 9.99. The maximum atomic E-state index is 14.8. The van der Waals surface area contributed by atoms with Crippen molar-refractivity contribution < 1.29 is 31.9 Å². The van der Waals surface area contributed by atoms with Crippen LogP contribution >= 0.6 is 0 Å². The van der Waals surface area contributed by atoms with Crippen LogP contribution in [0.3, 0.4) is 0 Å². The minimum atomic E-state index is -2.84. The second kappa shape index (κ2) is 9.81. The van der Waals surface area contributed by atoms with E-state index in [1.807, 2.05) is 0 Å². The lowest BCUT2D eigenvalue weighted by Crippen LogP contribution is -2.31. The molecule has 2 atom stereocenters. The van der Waals surface area contributed by atoms with Crippen molar-refractivity contribution in [3.8, 4) is 11.1 Å². The molecule has 0 aliphatic heterocycles. The fourth-order valence-electron chi connectivity index (χ4n) is 4.79. The van der Waals surface area contributed by atoms with E-state index in [1.54, 1.807) is 6.92 Å². The highest BCUT2D eigenvalue weighted by Gasteiger charge is 2.41. The molecule has 1 amide bonds. The largest absolute Gasteiger partial charge is 0.384 e. The Labute approximate surface area is 210 Å². The molecule has 10 heteroatoms. The molecule has 37 heavy (non-hydrogen) atoms. The van der Waals surface area contributed by atoms with Crippen LogP contribution in [-0.4, -0.2) is 26.9 Å². The predicted octanol–water partition coefficient (Wildman–Crippen LogP) is 6.58. The molecule has 0 radical (unpaired) electrons. The number of anilines is 1. The van der Waals surface area contributed by atoms with Gasteiger partial charge in [0, 0.05) is 42.3 Å². The second-order valence-corrected chi connectivity index (χ2v) is 9.99. The van der Waals surface area contributed by atoms with Crippen molar-refractivity contribution >= 4 is 11.6 Å². The Morgan fingerprint density at radius 1 is 1.08 bits per heavy atom. The van der Waals surface area contributed by atoms with Gasteiger partial charge < -0.3 is 10.4 Å². The summed E-state index contributed by atoms with van der Waals surface area (Å²) in [5, 5.41) is 12.7. The molecule has 2 N–H and O–H groups in total. The summed E-state index contributed by atoms with van der Waals surface area (Å²) < 4.78 is 71.5. The number of hydrogen-bond donors (Lipinski definition) is 2. The van der Waals surface area contributed by atoms with Gasteiger partial charge in [-0.15, -0.1) is 0 Å². The number of alkyl halides is 2. The van der Waals surface area contributed by atoms with Gasteiger partial charge in [-0.3, -0.25) is 14.8 Å². The Kier molecular flexibility index (Phi) is 7.07. The smallest absolute Gasteiger partial charge is 0.257 e. The first kappa shape index (κ1) is 26.7. The van der Waals surface area contributed by atoms with E-state index in [0.29, 0.717) is 0 Å². The van der Waals surface area contributed by atoms with Gasteiger partial charge in [0.1, 0.15) is 28.7 Å². The molecule has 4 rings (SSSR count). The molecule has 0 bridgehead atoms. The third kappa shape index (κ3) is 5.64. The number of hydrogen-bond acceptors (Lipinski definition) is 4. The molecule has 0 unspecified atom stereocenters. The van der Waals surface area contributed by atoms with E-state index in [-0.39, 0.29) is 46.6 Å². The van der Waals surface area contributed by atoms with E-state index in [4.69, 9.17) is 0 Å². The molecular weight excluding hydrogens is 493 g/mol. The van der Waals surface area contributed by atoms with Crippen molar-refractivity contribution in [3.05, 3.63) is 77.1 Å². The molecule has 1 aromatic carbocycles. The third-order valence-corrected chi connectivity index (χ3v) is 6.60. The maximum absolute atomic E-state index is 14.8. The number of carbonyl (C=O) groups excluding carboxylic acids is 1. The van der Waals surface area contributed by atoms with Crippen molar-refractivity contribution in [1.29, 1.82) is 0 Å². The highest BCUT2D eigenvalue weighted by atomic mass is 19.3. The number of pyridine rings is 2. The number of nitrogens with zero attached hydrogens (tertiary/aromatic N) is 2. The van der Waals surface area contributed by atoms with E-state index in [0.717, 1.165) is 30.5 Å². The summed E-state index contributed by atoms with van der Waals surface area (Å²) in [6, 6.07) is 5.13. The standard InChI is InChI=1S/C27H26F5N3O2/c1-14-12-27(31,32)8-6-17(14)22-23(18(7-9-33-22)19-11-16(28)4-5-20(19)29)35-25(36)15-10-21(30)24(34-13-15)26(2,3)37/h4-5,7,9-11,13-14,17,37H,6,8,12H2,1-3H3,(H,35,36)/t14-,17+/m1/s1. The fraction of sp³-hybridized carbons (Fsp3) is 0.370. The summed E-state index contributed by atoms with van der Waals surface area (Å²) in [5.74, 6) is -7.08. The Morgan fingerprint density at radius 3 is 2.46 bits per heavy atom. The van der Waals surface area contributed by atoms with Gasteiger partial charge in [-0.2, -0.15) is 0 Å². The summed E-state index contributed by atoms with van der Waals surface area (Å²) >= 11 is 0. The molecule has 1 aliphatic rings. The van der Waals surface area contributed by atoms with Crippen molar-refractivity contribution in [2.24, 2.45) is 5.92 Å². The van der Waals surface area contributed by atoms with Crippen LogP contribution in [0.2, 0.25) is 0 Å². The minimum absolute atomic E-state index is 0.0195. The summed E-state index contributed by atoms with van der Waals surface area (Å²) in [5.41, 5.74) is -1.84. The summed E-state index contributed by atoms with van der Waals surface area (Å²) in [6.07, 6.45) is 1.72. The topological polar surface area (TPSA) is 75.1 Å². The summed E-state index contributed by atoms with van der Waals surface area (Å²) in [7, 11) is 0. The Hall–Kier alpha value is -3.40. The average molecular weight is 520 g/mol. The van der Waals surface area contributed by atoms with E-state index < -0.39 is 53.1 Å².